The summed E-state index contributed by atoms with van der Waals surface area (Å²) < 4.78 is 13.7. The summed E-state index contributed by atoms with van der Waals surface area (Å²) in [7, 11) is 1.62. The molecular weight excluding hydrogens is 1070 g/mol. The van der Waals surface area contributed by atoms with Gasteiger partial charge in [0.05, 0.1) is 35.9 Å². The summed E-state index contributed by atoms with van der Waals surface area (Å²) in [6.07, 6.45) is 5.78. The molecule has 12 aromatic rings. The SMILES string of the molecule is COc1cc(-c2nn(C(c3ccccc3)(c3ccccc3)c3ccc(Cn4cc(-c5nn(C(c6ccccc6)(c6ccccc6)c6ccccc6)c6cc(C)c(Br)cc56)cn4)cc3)c3cc(Cl)c(Br)cc23)ccn1. The molecule has 11 heteroatoms. The number of hydrogen-bond donors (Lipinski definition) is 0. The summed E-state index contributed by atoms with van der Waals surface area (Å²) in [5, 5.41) is 18.7. The van der Waals surface area contributed by atoms with E-state index in [1.54, 1.807) is 13.3 Å². The lowest BCUT2D eigenvalue weighted by atomic mass is 9.76. The molecule has 0 fully saturated rings. The number of hydrogen-bond acceptors (Lipinski definition) is 5. The Morgan fingerprint density at radius 3 is 1.45 bits per heavy atom. The first-order valence-corrected chi connectivity index (χ1v) is 26.2. The molecule has 0 unspecified atom stereocenters. The molecule has 74 heavy (non-hydrogen) atoms. The van der Waals surface area contributed by atoms with Crippen LogP contribution < -0.4 is 4.74 Å². The quantitative estimate of drug-likeness (QED) is 0.108. The number of pyridine rings is 1. The minimum atomic E-state index is -0.953. The van der Waals surface area contributed by atoms with Crippen LogP contribution >= 0.6 is 43.5 Å². The van der Waals surface area contributed by atoms with Crippen LogP contribution in [0.2, 0.25) is 5.02 Å². The first kappa shape index (κ1) is 47.1. The van der Waals surface area contributed by atoms with Gasteiger partial charge >= 0.3 is 0 Å². The highest BCUT2D eigenvalue weighted by molar-refractivity contribution is 9.10. The Kier molecular flexibility index (Phi) is 12.4. The zero-order chi connectivity index (χ0) is 50.4. The van der Waals surface area contributed by atoms with Crippen LogP contribution in [0.4, 0.5) is 0 Å². The first-order valence-electron chi connectivity index (χ1n) is 24.2. The Hall–Kier alpha value is -7.89. The second-order valence-electron chi connectivity index (χ2n) is 18.4. The smallest absolute Gasteiger partial charge is 0.213 e. The fourth-order valence-corrected chi connectivity index (χ4v) is 11.5. The second-order valence-corrected chi connectivity index (χ2v) is 20.5. The number of aryl methyl sites for hydroxylation is 1. The van der Waals surface area contributed by atoms with Crippen LogP contribution in [-0.2, 0) is 17.6 Å². The average molecular weight is 1110 g/mol. The molecule has 0 N–H and O–H groups in total. The predicted molar refractivity (Wildman–Crippen MR) is 304 cm³/mol. The summed E-state index contributed by atoms with van der Waals surface area (Å²) >= 11 is 14.6. The van der Waals surface area contributed by atoms with Gasteiger partial charge in [0.25, 0.3) is 0 Å². The highest BCUT2D eigenvalue weighted by Gasteiger charge is 2.43. The molecule has 0 atom stereocenters. The molecule has 8 aromatic carbocycles. The molecule has 0 spiro atoms. The standard InChI is InChI=1S/C63H46Br2ClN7O/c1-42-34-57-52(36-54(42)64)61(70-72(57)62(46-18-8-3-9-19-46,47-20-10-4-11-21-47)48-22-12-5-13-23-48)45-39-68-71(41-45)40-43-28-30-51(31-29-43)63(49-24-14-6-15-25-49,50-26-16-7-17-27-50)73-58-38-56(66)55(65)37-53(58)60(69-73)44-32-33-67-59(35-44)74-2/h3-39,41H,40H2,1-2H3. The van der Waals surface area contributed by atoms with E-state index in [9.17, 15) is 0 Å². The van der Waals surface area contributed by atoms with Crippen LogP contribution in [0.15, 0.2) is 240 Å². The van der Waals surface area contributed by atoms with Gasteiger partial charge in [0.2, 0.25) is 5.88 Å². The molecule has 0 saturated carbocycles. The lowest BCUT2D eigenvalue weighted by Gasteiger charge is -2.37. The third-order valence-corrected chi connectivity index (χ3v) is 16.2. The van der Waals surface area contributed by atoms with E-state index in [1.165, 1.54) is 0 Å². The second kappa shape index (κ2) is 19.5. The molecule has 0 aliphatic rings. The summed E-state index contributed by atoms with van der Waals surface area (Å²) in [6, 6.07) is 74.3. The lowest BCUT2D eigenvalue weighted by molar-refractivity contribution is 0.398. The Morgan fingerprint density at radius 1 is 0.514 bits per heavy atom. The largest absolute Gasteiger partial charge is 0.481 e. The number of benzene rings is 8. The van der Waals surface area contributed by atoms with Crippen molar-refractivity contribution in [3.05, 3.63) is 289 Å². The van der Waals surface area contributed by atoms with E-state index in [4.69, 9.17) is 31.6 Å². The monoisotopic (exact) mass is 1110 g/mol. The first-order chi connectivity index (χ1) is 36.3. The maximum absolute atomic E-state index is 6.99. The molecule has 0 aliphatic heterocycles. The van der Waals surface area contributed by atoms with Gasteiger partial charge in [0.15, 0.2) is 0 Å². The molecule has 360 valence electrons. The highest BCUT2D eigenvalue weighted by Crippen LogP contribution is 2.47. The van der Waals surface area contributed by atoms with E-state index in [0.29, 0.717) is 17.4 Å². The average Bonchev–Trinajstić information content (AvgIpc) is 4.20. The number of ether oxygens (including phenoxy) is 1. The van der Waals surface area contributed by atoms with Crippen LogP contribution in [-0.4, -0.2) is 41.4 Å². The van der Waals surface area contributed by atoms with Crippen molar-refractivity contribution < 1.29 is 4.74 Å². The minimum Gasteiger partial charge on any atom is -0.481 e. The predicted octanol–water partition coefficient (Wildman–Crippen LogP) is 15.5. The number of fused-ring (bicyclic) bond motifs is 2. The molecule has 8 nitrogen and oxygen atoms in total. The van der Waals surface area contributed by atoms with Crippen molar-refractivity contribution in [2.75, 3.05) is 7.11 Å². The summed E-state index contributed by atoms with van der Waals surface area (Å²) in [4.78, 5) is 4.41. The fourth-order valence-electron chi connectivity index (χ4n) is 10.7. The van der Waals surface area contributed by atoms with Crippen LogP contribution in [0.25, 0.3) is 44.3 Å². The van der Waals surface area contributed by atoms with Crippen molar-refractivity contribution in [3.8, 4) is 28.4 Å². The van der Waals surface area contributed by atoms with Gasteiger partial charge < -0.3 is 4.74 Å². The summed E-state index contributed by atoms with van der Waals surface area (Å²) in [6.45, 7) is 2.65. The number of halogens is 3. The molecule has 0 saturated heterocycles. The fraction of sp³-hybridized carbons (Fsp3) is 0.0794. The Morgan fingerprint density at radius 2 is 0.959 bits per heavy atom. The number of aromatic nitrogens is 7. The van der Waals surface area contributed by atoms with Crippen molar-refractivity contribution >= 4 is 65.3 Å². The zero-order valence-electron chi connectivity index (χ0n) is 40.3. The topological polar surface area (TPSA) is 75.6 Å². The zero-order valence-corrected chi connectivity index (χ0v) is 44.2. The van der Waals surface area contributed by atoms with E-state index >= 15 is 0 Å². The maximum Gasteiger partial charge on any atom is 0.213 e. The van der Waals surface area contributed by atoms with Gasteiger partial charge in [-0.05, 0) is 97.7 Å². The Labute approximate surface area is 450 Å². The molecule has 0 radical (unpaired) electrons. The molecule has 0 aliphatic carbocycles. The van der Waals surface area contributed by atoms with Gasteiger partial charge in [-0.2, -0.15) is 15.3 Å². The maximum atomic E-state index is 6.99. The van der Waals surface area contributed by atoms with Crippen molar-refractivity contribution in [1.82, 2.24) is 34.3 Å². The van der Waals surface area contributed by atoms with Gasteiger partial charge in [-0.15, -0.1) is 0 Å². The molecule has 4 aromatic heterocycles. The van der Waals surface area contributed by atoms with Crippen molar-refractivity contribution in [2.24, 2.45) is 0 Å². The molecule has 12 rings (SSSR count). The van der Waals surface area contributed by atoms with Gasteiger partial charge in [-0.25, -0.2) is 14.3 Å². The van der Waals surface area contributed by atoms with Crippen molar-refractivity contribution in [3.63, 3.8) is 0 Å². The van der Waals surface area contributed by atoms with Crippen molar-refractivity contribution in [1.29, 1.82) is 0 Å². The van der Waals surface area contributed by atoms with Crippen LogP contribution in [0.1, 0.15) is 44.5 Å². The number of methoxy groups -OCH3 is 1. The van der Waals surface area contributed by atoms with E-state index < -0.39 is 11.1 Å². The minimum absolute atomic E-state index is 0.498. The summed E-state index contributed by atoms with van der Waals surface area (Å²) in [5.74, 6) is 0.498. The lowest BCUT2D eigenvalue weighted by Crippen LogP contribution is -2.38. The molecule has 4 heterocycles. The Balaban J connectivity index is 0.987. The molecule has 0 bridgehead atoms. The van der Waals surface area contributed by atoms with Crippen LogP contribution in [0.5, 0.6) is 5.88 Å². The van der Waals surface area contributed by atoms with Gasteiger partial charge in [0.1, 0.15) is 22.5 Å². The normalized spacial score (nSPS) is 11.9. The van der Waals surface area contributed by atoms with E-state index in [1.807, 2.05) is 47.3 Å². The summed E-state index contributed by atoms with van der Waals surface area (Å²) in [5.41, 5.74) is 12.1. The van der Waals surface area contributed by atoms with E-state index in [2.05, 4.69) is 235 Å². The number of rotatable bonds is 13. The van der Waals surface area contributed by atoms with Crippen LogP contribution in [0.3, 0.4) is 0 Å². The molecule has 0 amide bonds. The van der Waals surface area contributed by atoms with E-state index in [-0.39, 0.29) is 0 Å². The third-order valence-electron chi connectivity index (χ3n) is 14.1. The third kappa shape index (κ3) is 7.96. The molecular formula is C63H46Br2ClN7O. The number of nitrogens with zero attached hydrogens (tertiary/aromatic N) is 7. The highest BCUT2D eigenvalue weighted by atomic mass is 79.9. The van der Waals surface area contributed by atoms with Crippen LogP contribution in [0, 0.1) is 6.92 Å². The Bertz CT molecular complexity index is 3820. The van der Waals surface area contributed by atoms with Gasteiger partial charge in [-0.3, -0.25) is 4.68 Å². The van der Waals surface area contributed by atoms with Gasteiger partial charge in [-0.1, -0.05) is 203 Å². The van der Waals surface area contributed by atoms with E-state index in [0.717, 1.165) is 97.8 Å². The van der Waals surface area contributed by atoms with Gasteiger partial charge in [0, 0.05) is 49.3 Å². The van der Waals surface area contributed by atoms with Crippen molar-refractivity contribution in [2.45, 2.75) is 24.5 Å².